The van der Waals surface area contributed by atoms with Crippen molar-refractivity contribution < 1.29 is 4.74 Å². The molecule has 1 saturated heterocycles. The number of H-pyrrole nitrogens is 1. The van der Waals surface area contributed by atoms with E-state index in [0.717, 1.165) is 29.2 Å². The summed E-state index contributed by atoms with van der Waals surface area (Å²) in [5, 5.41) is 0. The number of piperidine rings is 1. The van der Waals surface area contributed by atoms with Crippen LogP contribution in [0.1, 0.15) is 25.1 Å². The van der Waals surface area contributed by atoms with Crippen molar-refractivity contribution in [1.82, 2.24) is 14.9 Å². The van der Waals surface area contributed by atoms with E-state index >= 15 is 0 Å². The molecule has 3 rings (SSSR count). The van der Waals surface area contributed by atoms with Gasteiger partial charge in [0, 0.05) is 12.6 Å². The maximum Gasteiger partial charge on any atom is 0.121 e. The van der Waals surface area contributed by atoms with Gasteiger partial charge in [0.05, 0.1) is 17.6 Å². The van der Waals surface area contributed by atoms with Crippen LogP contribution in [0.15, 0.2) is 18.2 Å². The smallest absolute Gasteiger partial charge is 0.121 e. The van der Waals surface area contributed by atoms with Crippen LogP contribution < -0.4 is 10.5 Å². The van der Waals surface area contributed by atoms with Gasteiger partial charge >= 0.3 is 0 Å². The number of aromatic amines is 1. The maximum atomic E-state index is 5.53. The largest absolute Gasteiger partial charge is 0.492 e. The van der Waals surface area contributed by atoms with E-state index in [1.54, 1.807) is 0 Å². The third-order valence-corrected chi connectivity index (χ3v) is 3.71. The van der Waals surface area contributed by atoms with Crippen molar-refractivity contribution in [2.75, 3.05) is 26.2 Å². The molecular formula is C15H22N4O. The number of nitrogens with zero attached hydrogens (tertiary/aromatic N) is 2. The number of nitrogens with one attached hydrogen (secondary N) is 1. The summed E-state index contributed by atoms with van der Waals surface area (Å²) in [7, 11) is 0. The van der Waals surface area contributed by atoms with Crippen molar-refractivity contribution in [2.24, 2.45) is 5.73 Å². The summed E-state index contributed by atoms with van der Waals surface area (Å²) in [5.74, 6) is 1.87. The van der Waals surface area contributed by atoms with Crippen molar-refractivity contribution >= 4 is 11.0 Å². The van der Waals surface area contributed by atoms with Crippen LogP contribution in [-0.4, -0.2) is 41.1 Å². The van der Waals surface area contributed by atoms with E-state index in [4.69, 9.17) is 10.5 Å². The first-order valence-corrected chi connectivity index (χ1v) is 7.39. The fourth-order valence-electron chi connectivity index (χ4n) is 2.71. The van der Waals surface area contributed by atoms with Gasteiger partial charge in [-0.05, 0) is 38.1 Å². The number of aromatic nitrogens is 2. The number of rotatable bonds is 5. The summed E-state index contributed by atoms with van der Waals surface area (Å²) in [6, 6.07) is 5.95. The molecule has 0 unspecified atom stereocenters. The minimum Gasteiger partial charge on any atom is -0.492 e. The summed E-state index contributed by atoms with van der Waals surface area (Å²) in [6.07, 6.45) is 3.97. The monoisotopic (exact) mass is 274 g/mol. The van der Waals surface area contributed by atoms with Gasteiger partial charge in [0.25, 0.3) is 0 Å². The second-order valence-electron chi connectivity index (χ2n) is 5.34. The highest BCUT2D eigenvalue weighted by molar-refractivity contribution is 5.76. The van der Waals surface area contributed by atoms with Gasteiger partial charge in [0.15, 0.2) is 0 Å². The molecule has 0 bridgehead atoms. The first-order chi connectivity index (χ1) is 9.85. The van der Waals surface area contributed by atoms with Gasteiger partial charge in [-0.3, -0.25) is 4.90 Å². The fourth-order valence-corrected chi connectivity index (χ4v) is 2.71. The third-order valence-electron chi connectivity index (χ3n) is 3.71. The lowest BCUT2D eigenvalue weighted by molar-refractivity contribution is 0.216. The van der Waals surface area contributed by atoms with Crippen molar-refractivity contribution in [3.63, 3.8) is 0 Å². The van der Waals surface area contributed by atoms with Gasteiger partial charge in [-0.15, -0.1) is 0 Å². The number of likely N-dealkylation sites (tertiary alicyclic amines) is 1. The Morgan fingerprint density at radius 1 is 1.25 bits per heavy atom. The Balaban J connectivity index is 1.72. The number of ether oxygens (including phenoxy) is 1. The Hall–Kier alpha value is -1.59. The molecule has 1 aromatic heterocycles. The second kappa shape index (κ2) is 6.24. The molecule has 1 aromatic carbocycles. The highest BCUT2D eigenvalue weighted by Crippen LogP contribution is 2.20. The molecule has 0 saturated carbocycles. The Morgan fingerprint density at radius 3 is 2.90 bits per heavy atom. The first-order valence-electron chi connectivity index (χ1n) is 7.39. The zero-order valence-corrected chi connectivity index (χ0v) is 11.8. The summed E-state index contributed by atoms with van der Waals surface area (Å²) < 4.78 is 5.53. The van der Waals surface area contributed by atoms with Crippen LogP contribution in [0.25, 0.3) is 11.0 Å². The van der Waals surface area contributed by atoms with Crippen LogP contribution in [0.4, 0.5) is 0 Å². The summed E-state index contributed by atoms with van der Waals surface area (Å²) in [4.78, 5) is 10.5. The van der Waals surface area contributed by atoms with Gasteiger partial charge < -0.3 is 15.5 Å². The molecule has 1 aliphatic heterocycles. The molecule has 1 fully saturated rings. The lowest BCUT2D eigenvalue weighted by Gasteiger charge is -2.25. The maximum absolute atomic E-state index is 5.53. The Labute approximate surface area is 119 Å². The number of nitrogens with two attached hydrogens (primary N) is 1. The summed E-state index contributed by atoms with van der Waals surface area (Å²) >= 11 is 0. The number of benzene rings is 1. The average molecular weight is 274 g/mol. The third kappa shape index (κ3) is 3.11. The number of hydrogen-bond acceptors (Lipinski definition) is 4. The topological polar surface area (TPSA) is 67.2 Å². The lowest BCUT2D eigenvalue weighted by atomic mass is 10.1. The lowest BCUT2D eigenvalue weighted by Crippen LogP contribution is -2.29. The average Bonchev–Trinajstić information content (AvgIpc) is 2.87. The van der Waals surface area contributed by atoms with E-state index in [9.17, 15) is 0 Å². The minimum atomic E-state index is 0.527. The van der Waals surface area contributed by atoms with Gasteiger partial charge in [0.2, 0.25) is 0 Å². The van der Waals surface area contributed by atoms with E-state index in [2.05, 4.69) is 14.9 Å². The van der Waals surface area contributed by atoms with E-state index in [-0.39, 0.29) is 0 Å². The molecule has 0 aliphatic carbocycles. The molecule has 2 aromatic rings. The standard InChI is InChI=1S/C15H22N4O/c16-6-9-20-12-4-5-13-14(10-12)18-15(17-13)11-19-7-2-1-3-8-19/h4-5,10H,1-3,6-9,11,16H2,(H,17,18). The molecule has 0 radical (unpaired) electrons. The molecule has 5 nitrogen and oxygen atoms in total. The van der Waals surface area contributed by atoms with Crippen molar-refractivity contribution in [3.05, 3.63) is 24.0 Å². The SMILES string of the molecule is NCCOc1ccc2[nH]c(CN3CCCCC3)nc2c1. The fraction of sp³-hybridized carbons (Fsp3) is 0.533. The number of imidazole rings is 1. The number of hydrogen-bond donors (Lipinski definition) is 2. The van der Waals surface area contributed by atoms with E-state index in [0.29, 0.717) is 13.2 Å². The van der Waals surface area contributed by atoms with Crippen molar-refractivity contribution in [1.29, 1.82) is 0 Å². The quantitative estimate of drug-likeness (QED) is 0.873. The zero-order chi connectivity index (χ0) is 13.8. The molecule has 108 valence electrons. The molecule has 5 heteroatoms. The van der Waals surface area contributed by atoms with Crippen LogP contribution in [-0.2, 0) is 6.54 Å². The molecule has 2 heterocycles. The van der Waals surface area contributed by atoms with Crippen LogP contribution in [0, 0.1) is 0 Å². The molecule has 0 atom stereocenters. The van der Waals surface area contributed by atoms with Crippen molar-refractivity contribution in [3.8, 4) is 5.75 Å². The number of fused-ring (bicyclic) bond motifs is 1. The van der Waals surface area contributed by atoms with Gasteiger partial charge in [-0.2, -0.15) is 0 Å². The first kappa shape index (κ1) is 13.4. The van der Waals surface area contributed by atoms with Gasteiger partial charge in [-0.1, -0.05) is 6.42 Å². The zero-order valence-electron chi connectivity index (χ0n) is 11.8. The predicted molar refractivity (Wildman–Crippen MR) is 79.8 cm³/mol. The summed E-state index contributed by atoms with van der Waals surface area (Å²) in [6.45, 7) is 4.34. The normalized spacial score (nSPS) is 16.6. The Morgan fingerprint density at radius 2 is 2.10 bits per heavy atom. The molecular weight excluding hydrogens is 252 g/mol. The van der Waals surface area contributed by atoms with E-state index in [1.165, 1.54) is 32.4 Å². The molecule has 3 N–H and O–H groups in total. The Bertz CT molecular complexity index is 560. The minimum absolute atomic E-state index is 0.527. The summed E-state index contributed by atoms with van der Waals surface area (Å²) in [5.41, 5.74) is 7.48. The van der Waals surface area contributed by atoms with Crippen LogP contribution >= 0.6 is 0 Å². The van der Waals surface area contributed by atoms with Crippen molar-refractivity contribution in [2.45, 2.75) is 25.8 Å². The molecule has 20 heavy (non-hydrogen) atoms. The van der Waals surface area contributed by atoms with E-state index < -0.39 is 0 Å². The molecule has 1 aliphatic rings. The Kier molecular flexibility index (Phi) is 4.18. The second-order valence-corrected chi connectivity index (χ2v) is 5.34. The van der Waals surface area contributed by atoms with Gasteiger partial charge in [-0.25, -0.2) is 4.98 Å². The van der Waals surface area contributed by atoms with Crippen LogP contribution in [0.5, 0.6) is 5.75 Å². The van der Waals surface area contributed by atoms with Gasteiger partial charge in [0.1, 0.15) is 18.2 Å². The van der Waals surface area contributed by atoms with Crippen LogP contribution in [0.3, 0.4) is 0 Å². The van der Waals surface area contributed by atoms with Crippen LogP contribution in [0.2, 0.25) is 0 Å². The highest BCUT2D eigenvalue weighted by Gasteiger charge is 2.12. The molecule has 0 amide bonds. The molecule has 0 spiro atoms. The predicted octanol–water partition coefficient (Wildman–Crippen LogP) is 1.89. The van der Waals surface area contributed by atoms with E-state index in [1.807, 2.05) is 18.2 Å². The highest BCUT2D eigenvalue weighted by atomic mass is 16.5.